The standard InChI is InChI=1S/C12H14ClN5O2.ClH/c13-9-3-1-2-8(6-9)7-15-4-5-16-12(19)10-11(14)18-20-17-10;/h1-3,6,15H,4-5,7H2,(H2,14,18)(H,16,19);1H. The molecule has 1 heterocycles. The molecule has 0 unspecified atom stereocenters. The zero-order valence-electron chi connectivity index (χ0n) is 11.0. The summed E-state index contributed by atoms with van der Waals surface area (Å²) in [6, 6.07) is 7.57. The van der Waals surface area contributed by atoms with Gasteiger partial charge < -0.3 is 16.4 Å². The zero-order chi connectivity index (χ0) is 14.4. The van der Waals surface area contributed by atoms with E-state index < -0.39 is 5.91 Å². The molecule has 21 heavy (non-hydrogen) atoms. The van der Waals surface area contributed by atoms with E-state index in [0.29, 0.717) is 24.7 Å². The van der Waals surface area contributed by atoms with Crippen LogP contribution < -0.4 is 16.4 Å². The molecule has 0 aliphatic heterocycles. The van der Waals surface area contributed by atoms with E-state index >= 15 is 0 Å². The molecule has 1 aromatic carbocycles. The summed E-state index contributed by atoms with van der Waals surface area (Å²) in [5.74, 6) is -0.428. The number of carbonyl (C=O) groups is 1. The van der Waals surface area contributed by atoms with Crippen molar-refractivity contribution in [1.29, 1.82) is 0 Å². The van der Waals surface area contributed by atoms with Crippen molar-refractivity contribution >= 4 is 35.7 Å². The van der Waals surface area contributed by atoms with Gasteiger partial charge in [-0.05, 0) is 28.0 Å². The fourth-order valence-corrected chi connectivity index (χ4v) is 1.79. The molecule has 7 nitrogen and oxygen atoms in total. The molecule has 0 bridgehead atoms. The first-order valence-electron chi connectivity index (χ1n) is 5.98. The summed E-state index contributed by atoms with van der Waals surface area (Å²) in [7, 11) is 0. The summed E-state index contributed by atoms with van der Waals surface area (Å²) in [5, 5.41) is 13.3. The van der Waals surface area contributed by atoms with Gasteiger partial charge in [0.15, 0.2) is 0 Å². The number of nitrogen functional groups attached to an aromatic ring is 1. The summed E-state index contributed by atoms with van der Waals surface area (Å²) in [6.45, 7) is 1.71. The van der Waals surface area contributed by atoms with Crippen molar-refractivity contribution in [2.24, 2.45) is 0 Å². The highest BCUT2D eigenvalue weighted by molar-refractivity contribution is 6.30. The number of halogens is 2. The summed E-state index contributed by atoms with van der Waals surface area (Å²) in [6.07, 6.45) is 0. The summed E-state index contributed by atoms with van der Waals surface area (Å²) in [4.78, 5) is 11.6. The van der Waals surface area contributed by atoms with Crippen molar-refractivity contribution in [2.75, 3.05) is 18.8 Å². The van der Waals surface area contributed by atoms with Crippen LogP contribution in [0.3, 0.4) is 0 Å². The average molecular weight is 332 g/mol. The predicted molar refractivity (Wildman–Crippen MR) is 81.5 cm³/mol. The first-order chi connectivity index (χ1) is 9.66. The minimum atomic E-state index is -0.409. The third-order valence-electron chi connectivity index (χ3n) is 2.53. The molecule has 0 fully saturated rings. The second-order valence-corrected chi connectivity index (χ2v) is 4.50. The predicted octanol–water partition coefficient (Wildman–Crippen LogP) is 1.25. The zero-order valence-corrected chi connectivity index (χ0v) is 12.6. The fraction of sp³-hybridized carbons (Fsp3) is 0.250. The number of nitrogens with two attached hydrogens (primary N) is 1. The highest BCUT2D eigenvalue weighted by Crippen LogP contribution is 2.10. The number of amides is 1. The van der Waals surface area contributed by atoms with E-state index in [9.17, 15) is 4.79 Å². The van der Waals surface area contributed by atoms with Crippen molar-refractivity contribution in [2.45, 2.75) is 6.54 Å². The third-order valence-corrected chi connectivity index (χ3v) is 2.77. The molecule has 1 aromatic heterocycles. The van der Waals surface area contributed by atoms with E-state index in [-0.39, 0.29) is 23.9 Å². The number of nitrogens with zero attached hydrogens (tertiary/aromatic N) is 2. The molecule has 2 aromatic rings. The van der Waals surface area contributed by atoms with Crippen molar-refractivity contribution in [3.05, 3.63) is 40.5 Å². The molecule has 0 saturated carbocycles. The molecule has 0 aliphatic rings. The first-order valence-corrected chi connectivity index (χ1v) is 6.36. The molecule has 1 amide bonds. The van der Waals surface area contributed by atoms with E-state index in [4.69, 9.17) is 17.3 Å². The van der Waals surface area contributed by atoms with E-state index in [0.717, 1.165) is 5.56 Å². The van der Waals surface area contributed by atoms with Gasteiger partial charge in [0, 0.05) is 24.7 Å². The second-order valence-electron chi connectivity index (χ2n) is 4.06. The van der Waals surface area contributed by atoms with Gasteiger partial charge in [0.25, 0.3) is 5.91 Å². The Morgan fingerprint density at radius 1 is 1.33 bits per heavy atom. The maximum atomic E-state index is 11.6. The van der Waals surface area contributed by atoms with Gasteiger partial charge in [0.1, 0.15) is 0 Å². The third kappa shape index (κ3) is 5.22. The molecule has 4 N–H and O–H groups in total. The number of hydrogen-bond donors (Lipinski definition) is 3. The largest absolute Gasteiger partial charge is 0.379 e. The Bertz CT molecular complexity index is 591. The van der Waals surface area contributed by atoms with E-state index in [1.807, 2.05) is 24.3 Å². The van der Waals surface area contributed by atoms with Crippen LogP contribution in [0.5, 0.6) is 0 Å². The lowest BCUT2D eigenvalue weighted by molar-refractivity contribution is 0.0944. The van der Waals surface area contributed by atoms with Crippen LogP contribution in [-0.4, -0.2) is 29.3 Å². The van der Waals surface area contributed by atoms with Gasteiger partial charge in [0.05, 0.1) is 0 Å². The Hall–Kier alpha value is -1.83. The highest BCUT2D eigenvalue weighted by atomic mass is 35.5. The Morgan fingerprint density at radius 2 is 2.14 bits per heavy atom. The number of rotatable bonds is 6. The lowest BCUT2D eigenvalue weighted by Gasteiger charge is -2.06. The topological polar surface area (TPSA) is 106 Å². The van der Waals surface area contributed by atoms with Crippen LogP contribution in [-0.2, 0) is 6.54 Å². The van der Waals surface area contributed by atoms with Crippen LogP contribution in [0, 0.1) is 0 Å². The lowest BCUT2D eigenvalue weighted by atomic mass is 10.2. The summed E-state index contributed by atoms with van der Waals surface area (Å²) < 4.78 is 4.35. The van der Waals surface area contributed by atoms with Crippen molar-refractivity contribution in [3.63, 3.8) is 0 Å². The Labute approximate surface area is 132 Å². The molecular formula is C12H15Cl2N5O2. The summed E-state index contributed by atoms with van der Waals surface area (Å²) >= 11 is 5.88. The van der Waals surface area contributed by atoms with Crippen LogP contribution in [0.25, 0.3) is 0 Å². The molecule has 0 atom stereocenters. The van der Waals surface area contributed by atoms with Crippen LogP contribution in [0.2, 0.25) is 5.02 Å². The number of benzene rings is 1. The maximum Gasteiger partial charge on any atom is 0.277 e. The van der Waals surface area contributed by atoms with Crippen molar-refractivity contribution in [3.8, 4) is 0 Å². The van der Waals surface area contributed by atoms with Gasteiger partial charge in [-0.3, -0.25) is 4.79 Å². The van der Waals surface area contributed by atoms with Gasteiger partial charge in [0.2, 0.25) is 11.5 Å². The van der Waals surface area contributed by atoms with Gasteiger partial charge in [-0.2, -0.15) is 0 Å². The van der Waals surface area contributed by atoms with Gasteiger partial charge in [-0.25, -0.2) is 4.63 Å². The number of anilines is 1. The van der Waals surface area contributed by atoms with Crippen molar-refractivity contribution in [1.82, 2.24) is 20.9 Å². The molecular weight excluding hydrogens is 317 g/mol. The molecule has 0 spiro atoms. The monoisotopic (exact) mass is 331 g/mol. The Kier molecular flexibility index (Phi) is 6.93. The molecule has 9 heteroatoms. The molecule has 2 rings (SSSR count). The molecule has 0 aliphatic carbocycles. The number of aromatic nitrogens is 2. The molecule has 0 radical (unpaired) electrons. The number of hydrogen-bond acceptors (Lipinski definition) is 6. The summed E-state index contributed by atoms with van der Waals surface area (Å²) in [5.41, 5.74) is 6.48. The SMILES string of the molecule is Cl.Nc1nonc1C(=O)NCCNCc1cccc(Cl)c1. The maximum absolute atomic E-state index is 11.6. The quantitative estimate of drug-likeness (QED) is 0.688. The normalized spacial score (nSPS) is 9.95. The minimum Gasteiger partial charge on any atom is -0.379 e. The average Bonchev–Trinajstić information content (AvgIpc) is 2.84. The second kappa shape index (κ2) is 8.46. The highest BCUT2D eigenvalue weighted by Gasteiger charge is 2.14. The van der Waals surface area contributed by atoms with Gasteiger partial charge >= 0.3 is 0 Å². The van der Waals surface area contributed by atoms with Gasteiger partial charge in [-0.15, -0.1) is 12.4 Å². The number of carbonyl (C=O) groups excluding carboxylic acids is 1. The minimum absolute atomic E-state index is 0. The Morgan fingerprint density at radius 3 is 2.81 bits per heavy atom. The number of nitrogens with one attached hydrogen (secondary N) is 2. The van der Waals surface area contributed by atoms with Crippen LogP contribution >= 0.6 is 24.0 Å². The van der Waals surface area contributed by atoms with Crippen molar-refractivity contribution < 1.29 is 9.42 Å². The van der Waals surface area contributed by atoms with Gasteiger partial charge in [-0.1, -0.05) is 23.7 Å². The van der Waals surface area contributed by atoms with E-state index in [1.165, 1.54) is 0 Å². The van der Waals surface area contributed by atoms with Crippen LogP contribution in [0.1, 0.15) is 16.1 Å². The van der Waals surface area contributed by atoms with E-state index in [1.54, 1.807) is 0 Å². The molecule has 0 saturated heterocycles. The van der Waals surface area contributed by atoms with Crippen LogP contribution in [0.15, 0.2) is 28.9 Å². The fourth-order valence-electron chi connectivity index (χ4n) is 1.58. The first kappa shape index (κ1) is 17.2. The van der Waals surface area contributed by atoms with E-state index in [2.05, 4.69) is 25.6 Å². The lowest BCUT2D eigenvalue weighted by Crippen LogP contribution is -2.32. The Balaban J connectivity index is 0.00000220. The molecule has 114 valence electrons. The van der Waals surface area contributed by atoms with Crippen LogP contribution in [0.4, 0.5) is 5.82 Å². The smallest absolute Gasteiger partial charge is 0.277 e.